The molecule has 0 radical (unpaired) electrons. The van der Waals surface area contributed by atoms with E-state index < -0.39 is 0 Å². The quantitative estimate of drug-likeness (QED) is 0.848. The van der Waals surface area contributed by atoms with E-state index in [0.717, 1.165) is 37.7 Å². The molecule has 128 valence electrons. The van der Waals surface area contributed by atoms with Crippen molar-refractivity contribution in [3.05, 3.63) is 60.2 Å². The highest BCUT2D eigenvalue weighted by Crippen LogP contribution is 2.32. The zero-order chi connectivity index (χ0) is 16.8. The summed E-state index contributed by atoms with van der Waals surface area (Å²) in [4.78, 5) is 2.62. The summed E-state index contributed by atoms with van der Waals surface area (Å²) in [5, 5.41) is 3.45. The van der Waals surface area contributed by atoms with Crippen LogP contribution < -0.4 is 10.1 Å². The molecule has 1 N–H and O–H groups in total. The zero-order valence-electron chi connectivity index (χ0n) is 14.7. The van der Waals surface area contributed by atoms with Crippen LogP contribution in [0.2, 0.25) is 0 Å². The number of nitrogens with zero attached hydrogens (tertiary/aromatic N) is 1. The summed E-state index contributed by atoms with van der Waals surface area (Å²) >= 11 is 0. The van der Waals surface area contributed by atoms with Gasteiger partial charge in [0.1, 0.15) is 11.5 Å². The maximum atomic E-state index is 5.92. The molecule has 0 spiro atoms. The molecule has 0 bridgehead atoms. The van der Waals surface area contributed by atoms with Crippen LogP contribution >= 0.6 is 0 Å². The molecule has 2 atom stereocenters. The Bertz CT molecular complexity index is 605. The standard InChI is InChI=1S/C21H28N2O/c1-3-17(2)21(23-15-13-22-14-16-23)18-9-11-20(12-10-18)24-19-7-5-4-6-8-19/h4-12,17,21-22H,3,13-16H2,1-2H3/t17?,21-/m1/s1. The van der Waals surface area contributed by atoms with Gasteiger partial charge in [0.2, 0.25) is 0 Å². The van der Waals surface area contributed by atoms with Gasteiger partial charge in [0.05, 0.1) is 0 Å². The first kappa shape index (κ1) is 17.0. The van der Waals surface area contributed by atoms with Crippen molar-refractivity contribution in [1.29, 1.82) is 0 Å². The van der Waals surface area contributed by atoms with Gasteiger partial charge in [-0.05, 0) is 35.7 Å². The van der Waals surface area contributed by atoms with Gasteiger partial charge >= 0.3 is 0 Å². The fourth-order valence-electron chi connectivity index (χ4n) is 3.44. The van der Waals surface area contributed by atoms with Crippen molar-refractivity contribution < 1.29 is 4.74 Å². The third-order valence-electron chi connectivity index (χ3n) is 4.93. The molecule has 1 aliphatic heterocycles. The minimum Gasteiger partial charge on any atom is -0.457 e. The Morgan fingerprint density at radius 2 is 1.58 bits per heavy atom. The van der Waals surface area contributed by atoms with Crippen LogP contribution in [0.25, 0.3) is 0 Å². The summed E-state index contributed by atoms with van der Waals surface area (Å²) in [5.74, 6) is 2.42. The van der Waals surface area contributed by atoms with Crippen LogP contribution in [0.4, 0.5) is 0 Å². The van der Waals surface area contributed by atoms with Gasteiger partial charge in [-0.25, -0.2) is 0 Å². The van der Waals surface area contributed by atoms with Crippen molar-refractivity contribution in [3.63, 3.8) is 0 Å². The van der Waals surface area contributed by atoms with E-state index in [4.69, 9.17) is 4.74 Å². The van der Waals surface area contributed by atoms with E-state index in [0.29, 0.717) is 12.0 Å². The van der Waals surface area contributed by atoms with Gasteiger partial charge in [0.15, 0.2) is 0 Å². The molecular formula is C21H28N2O. The summed E-state index contributed by atoms with van der Waals surface area (Å²) in [7, 11) is 0. The minimum atomic E-state index is 0.489. The Labute approximate surface area is 145 Å². The van der Waals surface area contributed by atoms with Crippen molar-refractivity contribution >= 4 is 0 Å². The molecule has 0 saturated carbocycles. The lowest BCUT2D eigenvalue weighted by molar-refractivity contribution is 0.128. The fraction of sp³-hybridized carbons (Fsp3) is 0.429. The molecule has 3 nitrogen and oxygen atoms in total. The Morgan fingerprint density at radius 1 is 0.958 bits per heavy atom. The average molecular weight is 324 g/mol. The first-order valence-electron chi connectivity index (χ1n) is 9.05. The fourth-order valence-corrected chi connectivity index (χ4v) is 3.44. The molecule has 24 heavy (non-hydrogen) atoms. The molecule has 0 aliphatic carbocycles. The second kappa shape index (κ2) is 8.32. The van der Waals surface area contributed by atoms with Crippen LogP contribution in [0.3, 0.4) is 0 Å². The highest BCUT2D eigenvalue weighted by Gasteiger charge is 2.26. The smallest absolute Gasteiger partial charge is 0.127 e. The van der Waals surface area contributed by atoms with Crippen LogP contribution in [0.1, 0.15) is 31.9 Å². The van der Waals surface area contributed by atoms with Crippen LogP contribution in [-0.2, 0) is 0 Å². The van der Waals surface area contributed by atoms with Gasteiger partial charge in [-0.2, -0.15) is 0 Å². The number of nitrogens with one attached hydrogen (secondary N) is 1. The monoisotopic (exact) mass is 324 g/mol. The lowest BCUT2D eigenvalue weighted by atomic mass is 9.90. The number of hydrogen-bond acceptors (Lipinski definition) is 3. The number of rotatable bonds is 6. The summed E-state index contributed by atoms with van der Waals surface area (Å²) < 4.78 is 5.92. The summed E-state index contributed by atoms with van der Waals surface area (Å²) in [6, 6.07) is 19.1. The molecule has 1 aliphatic rings. The number of hydrogen-bond donors (Lipinski definition) is 1. The maximum absolute atomic E-state index is 5.92. The van der Waals surface area contributed by atoms with Crippen LogP contribution in [0.5, 0.6) is 11.5 Å². The van der Waals surface area contributed by atoms with E-state index in [-0.39, 0.29) is 0 Å². The van der Waals surface area contributed by atoms with E-state index in [9.17, 15) is 0 Å². The normalized spacial score (nSPS) is 18.1. The number of piperazine rings is 1. The summed E-state index contributed by atoms with van der Waals surface area (Å²) in [6.07, 6.45) is 1.19. The van der Waals surface area contributed by atoms with E-state index >= 15 is 0 Å². The first-order chi connectivity index (χ1) is 11.8. The number of benzene rings is 2. The van der Waals surface area contributed by atoms with Crippen LogP contribution in [-0.4, -0.2) is 31.1 Å². The molecule has 0 aromatic heterocycles. The van der Waals surface area contributed by atoms with Gasteiger partial charge < -0.3 is 10.1 Å². The highest BCUT2D eigenvalue weighted by atomic mass is 16.5. The molecule has 1 unspecified atom stereocenters. The minimum absolute atomic E-state index is 0.489. The van der Waals surface area contributed by atoms with Gasteiger partial charge in [0.25, 0.3) is 0 Å². The zero-order valence-corrected chi connectivity index (χ0v) is 14.7. The predicted molar refractivity (Wildman–Crippen MR) is 99.6 cm³/mol. The van der Waals surface area contributed by atoms with Gasteiger partial charge in [-0.3, -0.25) is 4.90 Å². The van der Waals surface area contributed by atoms with Crippen LogP contribution in [0.15, 0.2) is 54.6 Å². The number of ether oxygens (including phenoxy) is 1. The third kappa shape index (κ3) is 4.16. The lowest BCUT2D eigenvalue weighted by Gasteiger charge is -2.38. The van der Waals surface area contributed by atoms with Crippen molar-refractivity contribution in [2.24, 2.45) is 5.92 Å². The van der Waals surface area contributed by atoms with Gasteiger partial charge in [0, 0.05) is 32.2 Å². The highest BCUT2D eigenvalue weighted by molar-refractivity contribution is 5.34. The largest absolute Gasteiger partial charge is 0.457 e. The molecule has 1 fully saturated rings. The van der Waals surface area contributed by atoms with E-state index in [2.05, 4.69) is 48.3 Å². The van der Waals surface area contributed by atoms with E-state index in [1.54, 1.807) is 0 Å². The molecule has 0 amide bonds. The Morgan fingerprint density at radius 3 is 2.21 bits per heavy atom. The van der Waals surface area contributed by atoms with E-state index in [1.807, 2.05) is 30.3 Å². The Balaban J connectivity index is 1.75. The molecule has 3 rings (SSSR count). The predicted octanol–water partition coefficient (Wildman–Crippen LogP) is 4.47. The molecule has 1 heterocycles. The van der Waals surface area contributed by atoms with Crippen molar-refractivity contribution in [2.75, 3.05) is 26.2 Å². The van der Waals surface area contributed by atoms with Crippen LogP contribution in [0, 0.1) is 5.92 Å². The molecular weight excluding hydrogens is 296 g/mol. The SMILES string of the molecule is CCC(C)[C@H](c1ccc(Oc2ccccc2)cc1)N1CCNCC1. The Kier molecular flexibility index (Phi) is 5.89. The van der Waals surface area contributed by atoms with Gasteiger partial charge in [-0.1, -0.05) is 50.6 Å². The van der Waals surface area contributed by atoms with Crippen molar-refractivity contribution in [2.45, 2.75) is 26.3 Å². The second-order valence-corrected chi connectivity index (χ2v) is 6.60. The number of para-hydroxylation sites is 1. The van der Waals surface area contributed by atoms with E-state index in [1.165, 1.54) is 12.0 Å². The lowest BCUT2D eigenvalue weighted by Crippen LogP contribution is -2.46. The summed E-state index contributed by atoms with van der Waals surface area (Å²) in [5.41, 5.74) is 1.40. The maximum Gasteiger partial charge on any atom is 0.127 e. The molecule has 2 aromatic rings. The third-order valence-corrected chi connectivity index (χ3v) is 4.93. The topological polar surface area (TPSA) is 24.5 Å². The van der Waals surface area contributed by atoms with Crippen molar-refractivity contribution in [1.82, 2.24) is 10.2 Å². The van der Waals surface area contributed by atoms with Gasteiger partial charge in [-0.15, -0.1) is 0 Å². The molecule has 3 heteroatoms. The van der Waals surface area contributed by atoms with Crippen molar-refractivity contribution in [3.8, 4) is 11.5 Å². The summed E-state index contributed by atoms with van der Waals surface area (Å²) in [6.45, 7) is 9.06. The Hall–Kier alpha value is -1.84. The molecule has 2 aromatic carbocycles. The average Bonchev–Trinajstić information content (AvgIpc) is 2.65. The second-order valence-electron chi connectivity index (χ2n) is 6.60. The molecule has 1 saturated heterocycles. The first-order valence-corrected chi connectivity index (χ1v) is 9.05.